The molecular formula is C11H12F3NO3. The highest BCUT2D eigenvalue weighted by atomic mass is 19.4. The van der Waals surface area contributed by atoms with Crippen LogP contribution in [0.1, 0.15) is 35.6 Å². The highest BCUT2D eigenvalue weighted by molar-refractivity contribution is 5.87. The Morgan fingerprint density at radius 3 is 2.28 bits per heavy atom. The molecule has 1 aromatic heterocycles. The fraction of sp³-hybridized carbons (Fsp3) is 0.455. The lowest BCUT2D eigenvalue weighted by atomic mass is 9.97. The number of methoxy groups -OCH3 is 1. The fourth-order valence-corrected chi connectivity index (χ4v) is 1.24. The van der Waals surface area contributed by atoms with Crippen molar-refractivity contribution in [1.82, 2.24) is 4.98 Å². The maximum absolute atomic E-state index is 12.6. The van der Waals surface area contributed by atoms with Crippen LogP contribution in [0.15, 0.2) is 12.1 Å². The van der Waals surface area contributed by atoms with E-state index in [2.05, 4.69) is 9.72 Å². The van der Waals surface area contributed by atoms with Gasteiger partial charge < -0.3 is 9.84 Å². The quantitative estimate of drug-likeness (QED) is 0.830. The largest absolute Gasteiger partial charge is 0.464 e. The zero-order valence-electron chi connectivity index (χ0n) is 10.00. The molecule has 0 unspecified atom stereocenters. The highest BCUT2D eigenvalue weighted by Crippen LogP contribution is 2.31. The van der Waals surface area contributed by atoms with E-state index in [1.54, 1.807) is 0 Å². The van der Waals surface area contributed by atoms with Gasteiger partial charge in [-0.25, -0.2) is 9.78 Å². The number of rotatable bonds is 2. The zero-order chi connectivity index (χ0) is 14.1. The van der Waals surface area contributed by atoms with Gasteiger partial charge in [-0.15, -0.1) is 0 Å². The first-order chi connectivity index (χ1) is 8.05. The molecular weight excluding hydrogens is 251 g/mol. The summed E-state index contributed by atoms with van der Waals surface area (Å²) < 4.78 is 42.1. The van der Waals surface area contributed by atoms with E-state index in [0.717, 1.165) is 13.2 Å². The minimum Gasteiger partial charge on any atom is -0.464 e. The number of nitrogens with zero attached hydrogens (tertiary/aromatic N) is 1. The van der Waals surface area contributed by atoms with Gasteiger partial charge in [0.25, 0.3) is 0 Å². The van der Waals surface area contributed by atoms with Crippen molar-refractivity contribution < 1.29 is 27.8 Å². The molecule has 1 rings (SSSR count). The lowest BCUT2D eigenvalue weighted by Gasteiger charge is -2.19. The van der Waals surface area contributed by atoms with Gasteiger partial charge >= 0.3 is 12.1 Å². The van der Waals surface area contributed by atoms with Crippen molar-refractivity contribution in [1.29, 1.82) is 0 Å². The minimum absolute atomic E-state index is 0.0646. The Bertz CT molecular complexity index is 431. The SMILES string of the molecule is COC(=O)c1cc(C(C)(C)O)cc(C(F)(F)F)n1. The summed E-state index contributed by atoms with van der Waals surface area (Å²) in [6, 6.07) is 1.77. The molecule has 0 saturated carbocycles. The Labute approximate surface area is 101 Å². The second-order valence-corrected chi connectivity index (χ2v) is 4.17. The van der Waals surface area contributed by atoms with Crippen molar-refractivity contribution in [3.8, 4) is 0 Å². The van der Waals surface area contributed by atoms with E-state index < -0.39 is 29.1 Å². The summed E-state index contributed by atoms with van der Waals surface area (Å²) in [6.45, 7) is 2.62. The van der Waals surface area contributed by atoms with Gasteiger partial charge in [-0.1, -0.05) is 0 Å². The van der Waals surface area contributed by atoms with Crippen molar-refractivity contribution >= 4 is 5.97 Å². The van der Waals surface area contributed by atoms with Gasteiger partial charge in [0.1, 0.15) is 11.4 Å². The molecule has 18 heavy (non-hydrogen) atoms. The van der Waals surface area contributed by atoms with E-state index >= 15 is 0 Å². The van der Waals surface area contributed by atoms with Gasteiger partial charge in [0, 0.05) is 0 Å². The Morgan fingerprint density at radius 1 is 1.33 bits per heavy atom. The van der Waals surface area contributed by atoms with Crippen LogP contribution in [0.5, 0.6) is 0 Å². The van der Waals surface area contributed by atoms with E-state index in [9.17, 15) is 23.1 Å². The third-order valence-electron chi connectivity index (χ3n) is 2.22. The van der Waals surface area contributed by atoms with Crippen LogP contribution in [0.2, 0.25) is 0 Å². The Kier molecular flexibility index (Phi) is 3.66. The average Bonchev–Trinajstić information content (AvgIpc) is 2.25. The molecule has 1 heterocycles. The van der Waals surface area contributed by atoms with Crippen LogP contribution in [0.3, 0.4) is 0 Å². The van der Waals surface area contributed by atoms with E-state index in [1.165, 1.54) is 13.8 Å². The number of carbonyl (C=O) groups is 1. The first-order valence-corrected chi connectivity index (χ1v) is 4.96. The van der Waals surface area contributed by atoms with Crippen molar-refractivity contribution in [2.24, 2.45) is 0 Å². The predicted molar refractivity (Wildman–Crippen MR) is 55.8 cm³/mol. The molecule has 0 atom stereocenters. The molecule has 0 radical (unpaired) electrons. The van der Waals surface area contributed by atoms with Crippen LogP contribution in [0, 0.1) is 0 Å². The van der Waals surface area contributed by atoms with E-state index in [4.69, 9.17) is 0 Å². The van der Waals surface area contributed by atoms with Gasteiger partial charge in [0.15, 0.2) is 0 Å². The molecule has 0 spiro atoms. The summed E-state index contributed by atoms with van der Waals surface area (Å²) >= 11 is 0. The number of hydrogen-bond donors (Lipinski definition) is 1. The molecule has 0 fully saturated rings. The number of ether oxygens (including phenoxy) is 1. The average molecular weight is 263 g/mol. The van der Waals surface area contributed by atoms with Crippen LogP contribution < -0.4 is 0 Å². The summed E-state index contributed by atoms with van der Waals surface area (Å²) in [7, 11) is 1.04. The number of pyridine rings is 1. The summed E-state index contributed by atoms with van der Waals surface area (Å²) in [5.41, 5.74) is -3.33. The van der Waals surface area contributed by atoms with E-state index in [0.29, 0.717) is 6.07 Å². The Balaban J connectivity index is 3.44. The molecule has 0 aliphatic rings. The topological polar surface area (TPSA) is 59.4 Å². The number of halogens is 3. The predicted octanol–water partition coefficient (Wildman–Crippen LogP) is 2.11. The van der Waals surface area contributed by atoms with Crippen LogP contribution >= 0.6 is 0 Å². The van der Waals surface area contributed by atoms with Crippen molar-refractivity contribution in [2.75, 3.05) is 7.11 Å². The molecule has 100 valence electrons. The summed E-state index contributed by atoms with van der Waals surface area (Å²) in [5, 5.41) is 9.71. The standard InChI is InChI=1S/C11H12F3NO3/c1-10(2,17)6-4-7(9(16)18-3)15-8(5-6)11(12,13)14/h4-5,17H,1-3H3. The van der Waals surface area contributed by atoms with Crippen LogP contribution in [0.25, 0.3) is 0 Å². The number of aromatic nitrogens is 1. The number of carbonyl (C=O) groups excluding carboxylic acids is 1. The first-order valence-electron chi connectivity index (χ1n) is 4.96. The lowest BCUT2D eigenvalue weighted by molar-refractivity contribution is -0.141. The van der Waals surface area contributed by atoms with E-state index in [1.807, 2.05) is 0 Å². The number of aliphatic hydroxyl groups is 1. The van der Waals surface area contributed by atoms with Crippen molar-refractivity contribution in [2.45, 2.75) is 25.6 Å². The van der Waals surface area contributed by atoms with Gasteiger partial charge in [-0.3, -0.25) is 0 Å². The maximum Gasteiger partial charge on any atom is 0.433 e. The third-order valence-corrected chi connectivity index (χ3v) is 2.22. The van der Waals surface area contributed by atoms with Gasteiger partial charge in [-0.2, -0.15) is 13.2 Å². The fourth-order valence-electron chi connectivity index (χ4n) is 1.24. The second kappa shape index (κ2) is 4.56. The van der Waals surface area contributed by atoms with Crippen molar-refractivity contribution in [3.63, 3.8) is 0 Å². The molecule has 0 aromatic carbocycles. The molecule has 0 aliphatic carbocycles. The summed E-state index contributed by atoms with van der Waals surface area (Å²) in [5.74, 6) is -0.994. The number of esters is 1. The smallest absolute Gasteiger partial charge is 0.433 e. The monoisotopic (exact) mass is 263 g/mol. The van der Waals surface area contributed by atoms with Gasteiger partial charge in [0.2, 0.25) is 0 Å². The van der Waals surface area contributed by atoms with Crippen LogP contribution in [-0.4, -0.2) is 23.2 Å². The third kappa shape index (κ3) is 3.19. The summed E-state index contributed by atoms with van der Waals surface area (Å²) in [6.07, 6.45) is -4.70. The van der Waals surface area contributed by atoms with Crippen LogP contribution in [0.4, 0.5) is 13.2 Å². The van der Waals surface area contributed by atoms with Gasteiger partial charge in [-0.05, 0) is 31.5 Å². The van der Waals surface area contributed by atoms with E-state index in [-0.39, 0.29) is 5.56 Å². The molecule has 0 bridgehead atoms. The number of hydrogen-bond acceptors (Lipinski definition) is 4. The highest BCUT2D eigenvalue weighted by Gasteiger charge is 2.35. The molecule has 1 N–H and O–H groups in total. The normalized spacial score (nSPS) is 12.4. The Morgan fingerprint density at radius 2 is 1.89 bits per heavy atom. The molecule has 4 nitrogen and oxygen atoms in total. The second-order valence-electron chi connectivity index (χ2n) is 4.17. The van der Waals surface area contributed by atoms with Crippen LogP contribution in [-0.2, 0) is 16.5 Å². The number of alkyl halides is 3. The summed E-state index contributed by atoms with van der Waals surface area (Å²) in [4.78, 5) is 14.4. The maximum atomic E-state index is 12.6. The lowest BCUT2D eigenvalue weighted by Crippen LogP contribution is -2.20. The van der Waals surface area contributed by atoms with Crippen molar-refractivity contribution in [3.05, 3.63) is 29.1 Å². The molecule has 0 aliphatic heterocycles. The minimum atomic E-state index is -4.70. The molecule has 1 aromatic rings. The molecule has 7 heteroatoms. The Hall–Kier alpha value is -1.63. The molecule has 0 saturated heterocycles. The first kappa shape index (κ1) is 14.4. The van der Waals surface area contributed by atoms with Gasteiger partial charge in [0.05, 0.1) is 12.7 Å². The zero-order valence-corrected chi connectivity index (χ0v) is 10.00. The molecule has 0 amide bonds.